The molecule has 23 heavy (non-hydrogen) atoms. The molecule has 2 aromatic rings. The van der Waals surface area contributed by atoms with Gasteiger partial charge >= 0.3 is 0 Å². The van der Waals surface area contributed by atoms with Crippen LogP contribution in [0.2, 0.25) is 0 Å². The minimum absolute atomic E-state index is 0.148. The maximum atomic E-state index is 12.4. The lowest BCUT2D eigenvalue weighted by Crippen LogP contribution is -2.17. The molecular weight excluding hydrogens is 292 g/mol. The van der Waals surface area contributed by atoms with Gasteiger partial charge < -0.3 is 20.1 Å². The second-order valence-corrected chi connectivity index (χ2v) is 5.71. The van der Waals surface area contributed by atoms with Crippen LogP contribution in [0.3, 0.4) is 0 Å². The fraction of sp³-hybridized carbons (Fsp3) is 0.278. The summed E-state index contributed by atoms with van der Waals surface area (Å²) in [4.78, 5) is 12.4. The number of hydrogen-bond donors (Lipinski definition) is 2. The Hall–Kier alpha value is -2.69. The van der Waals surface area contributed by atoms with Crippen LogP contribution < -0.4 is 20.1 Å². The van der Waals surface area contributed by atoms with Gasteiger partial charge in [-0.05, 0) is 54.8 Å². The lowest BCUT2D eigenvalue weighted by molar-refractivity contribution is 0.102. The number of carbonyl (C=O) groups excluding carboxylic acids is 1. The Morgan fingerprint density at radius 1 is 1.04 bits per heavy atom. The van der Waals surface area contributed by atoms with Gasteiger partial charge in [0, 0.05) is 23.5 Å². The van der Waals surface area contributed by atoms with Crippen molar-refractivity contribution < 1.29 is 14.3 Å². The molecular formula is C18H18N2O3. The van der Waals surface area contributed by atoms with Crippen LogP contribution in [-0.2, 0) is 6.42 Å². The van der Waals surface area contributed by atoms with Gasteiger partial charge in [-0.25, -0.2) is 0 Å². The highest BCUT2D eigenvalue weighted by molar-refractivity contribution is 6.04. The molecule has 0 fully saturated rings. The predicted molar refractivity (Wildman–Crippen MR) is 88.6 cm³/mol. The average Bonchev–Trinajstić information content (AvgIpc) is 2.61. The van der Waals surface area contributed by atoms with Crippen LogP contribution in [0.4, 0.5) is 11.4 Å². The topological polar surface area (TPSA) is 59.6 Å². The Labute approximate surface area is 134 Å². The van der Waals surface area contributed by atoms with E-state index < -0.39 is 0 Å². The molecule has 0 aliphatic carbocycles. The van der Waals surface area contributed by atoms with Crippen molar-refractivity contribution >= 4 is 17.3 Å². The lowest BCUT2D eigenvalue weighted by atomic mass is 10.0. The number of ether oxygens (including phenoxy) is 2. The fourth-order valence-electron chi connectivity index (χ4n) is 2.94. The summed E-state index contributed by atoms with van der Waals surface area (Å²) in [6.45, 7) is 2.06. The van der Waals surface area contributed by atoms with E-state index in [0.717, 1.165) is 30.8 Å². The molecule has 5 heteroatoms. The summed E-state index contributed by atoms with van der Waals surface area (Å²) < 4.78 is 11.0. The van der Waals surface area contributed by atoms with Gasteiger partial charge in [0.25, 0.3) is 5.91 Å². The highest BCUT2D eigenvalue weighted by atomic mass is 16.6. The summed E-state index contributed by atoms with van der Waals surface area (Å²) in [5.74, 6) is 1.16. The normalized spacial score (nSPS) is 15.3. The Kier molecular flexibility index (Phi) is 3.54. The molecule has 0 saturated heterocycles. The van der Waals surface area contributed by atoms with Gasteiger partial charge in [-0.15, -0.1) is 0 Å². The quantitative estimate of drug-likeness (QED) is 0.895. The highest BCUT2D eigenvalue weighted by Gasteiger charge is 2.16. The van der Waals surface area contributed by atoms with E-state index in [4.69, 9.17) is 9.47 Å². The number of carbonyl (C=O) groups is 1. The number of aryl methyl sites for hydroxylation is 1. The van der Waals surface area contributed by atoms with Crippen LogP contribution in [0, 0.1) is 0 Å². The zero-order valence-electron chi connectivity index (χ0n) is 12.7. The first-order valence-electron chi connectivity index (χ1n) is 7.87. The van der Waals surface area contributed by atoms with Gasteiger partial charge in [-0.1, -0.05) is 0 Å². The Morgan fingerprint density at radius 2 is 1.91 bits per heavy atom. The number of amides is 1. The smallest absolute Gasteiger partial charge is 0.255 e. The minimum atomic E-state index is -0.148. The Morgan fingerprint density at radius 3 is 2.83 bits per heavy atom. The van der Waals surface area contributed by atoms with Crippen LogP contribution in [-0.4, -0.2) is 25.7 Å². The molecule has 0 atom stereocenters. The average molecular weight is 310 g/mol. The number of hydrogen-bond acceptors (Lipinski definition) is 4. The van der Waals surface area contributed by atoms with Crippen LogP contribution in [0.5, 0.6) is 11.5 Å². The van der Waals surface area contributed by atoms with Crippen molar-refractivity contribution in [3.63, 3.8) is 0 Å². The van der Waals surface area contributed by atoms with Crippen molar-refractivity contribution in [2.24, 2.45) is 0 Å². The van der Waals surface area contributed by atoms with Gasteiger partial charge in [0.2, 0.25) is 0 Å². The van der Waals surface area contributed by atoms with Crippen molar-refractivity contribution in [1.82, 2.24) is 0 Å². The Bertz CT molecular complexity index is 758. The highest BCUT2D eigenvalue weighted by Crippen LogP contribution is 2.31. The van der Waals surface area contributed by atoms with E-state index in [1.165, 1.54) is 5.56 Å². The number of benzene rings is 2. The Balaban J connectivity index is 1.53. The molecule has 2 aliphatic rings. The molecule has 4 rings (SSSR count). The molecule has 2 aromatic carbocycles. The zero-order valence-corrected chi connectivity index (χ0v) is 12.7. The summed E-state index contributed by atoms with van der Waals surface area (Å²) in [7, 11) is 0. The van der Waals surface area contributed by atoms with E-state index in [0.29, 0.717) is 30.3 Å². The molecule has 5 nitrogen and oxygen atoms in total. The maximum absolute atomic E-state index is 12.4. The molecule has 118 valence electrons. The molecule has 0 unspecified atom stereocenters. The predicted octanol–water partition coefficient (Wildman–Crippen LogP) is 3.07. The van der Waals surface area contributed by atoms with E-state index >= 15 is 0 Å². The number of nitrogens with one attached hydrogen (secondary N) is 2. The standard InChI is InChI=1S/C18H18N2O3/c21-18(13-3-6-16-17(11-13)23-9-8-22-16)20-14-4-5-15-12(10-14)2-1-7-19-15/h3-6,10-11,19H,1-2,7-9H2,(H,20,21). The fourth-order valence-corrected chi connectivity index (χ4v) is 2.94. The van der Waals surface area contributed by atoms with E-state index in [9.17, 15) is 4.79 Å². The second kappa shape index (κ2) is 5.83. The van der Waals surface area contributed by atoms with Gasteiger partial charge in [0.05, 0.1) is 0 Å². The molecule has 2 N–H and O–H groups in total. The van der Waals surface area contributed by atoms with Crippen LogP contribution in [0.1, 0.15) is 22.3 Å². The van der Waals surface area contributed by atoms with E-state index in [2.05, 4.69) is 10.6 Å². The van der Waals surface area contributed by atoms with Crippen LogP contribution in [0.15, 0.2) is 36.4 Å². The zero-order chi connectivity index (χ0) is 15.6. The van der Waals surface area contributed by atoms with Crippen molar-refractivity contribution in [2.75, 3.05) is 30.4 Å². The first kappa shape index (κ1) is 13.9. The molecule has 0 aromatic heterocycles. The first-order valence-corrected chi connectivity index (χ1v) is 7.87. The number of anilines is 2. The summed E-state index contributed by atoms with van der Waals surface area (Å²) >= 11 is 0. The molecule has 2 aliphatic heterocycles. The minimum Gasteiger partial charge on any atom is -0.486 e. The maximum Gasteiger partial charge on any atom is 0.255 e. The molecule has 0 spiro atoms. The van der Waals surface area contributed by atoms with E-state index in [1.54, 1.807) is 18.2 Å². The summed E-state index contributed by atoms with van der Waals surface area (Å²) in [6.07, 6.45) is 2.16. The SMILES string of the molecule is O=C(Nc1ccc2c(c1)CCCN2)c1ccc2c(c1)OCCO2. The van der Waals surface area contributed by atoms with E-state index in [-0.39, 0.29) is 5.91 Å². The van der Waals surface area contributed by atoms with Gasteiger partial charge in [0.15, 0.2) is 11.5 Å². The molecule has 1 amide bonds. The van der Waals surface area contributed by atoms with E-state index in [1.807, 2.05) is 18.2 Å². The molecule has 2 heterocycles. The van der Waals surface area contributed by atoms with Gasteiger partial charge in [0.1, 0.15) is 13.2 Å². The van der Waals surface area contributed by atoms with Gasteiger partial charge in [-0.3, -0.25) is 4.79 Å². The number of rotatable bonds is 2. The third-order valence-corrected chi connectivity index (χ3v) is 4.11. The monoisotopic (exact) mass is 310 g/mol. The largest absolute Gasteiger partial charge is 0.486 e. The number of fused-ring (bicyclic) bond motifs is 2. The van der Waals surface area contributed by atoms with Crippen LogP contribution in [0.25, 0.3) is 0 Å². The van der Waals surface area contributed by atoms with Crippen molar-refractivity contribution in [3.05, 3.63) is 47.5 Å². The summed E-state index contributed by atoms with van der Waals surface area (Å²) in [5, 5.41) is 6.32. The molecule has 0 bridgehead atoms. The van der Waals surface area contributed by atoms with Crippen LogP contribution >= 0.6 is 0 Å². The third-order valence-electron chi connectivity index (χ3n) is 4.11. The lowest BCUT2D eigenvalue weighted by Gasteiger charge is -2.20. The van der Waals surface area contributed by atoms with Gasteiger partial charge in [-0.2, -0.15) is 0 Å². The first-order chi connectivity index (χ1) is 11.3. The summed E-state index contributed by atoms with van der Waals surface area (Å²) in [5.41, 5.74) is 3.78. The third kappa shape index (κ3) is 2.82. The van der Waals surface area contributed by atoms with Crippen molar-refractivity contribution in [1.29, 1.82) is 0 Å². The molecule has 0 saturated carbocycles. The summed E-state index contributed by atoms with van der Waals surface area (Å²) in [6, 6.07) is 11.2. The van der Waals surface area contributed by atoms with Crippen molar-refractivity contribution in [2.45, 2.75) is 12.8 Å². The second-order valence-electron chi connectivity index (χ2n) is 5.71. The van der Waals surface area contributed by atoms with Crippen molar-refractivity contribution in [3.8, 4) is 11.5 Å². The molecule has 0 radical (unpaired) electrons.